The number of anilines is 1. The van der Waals surface area contributed by atoms with E-state index in [0.29, 0.717) is 17.9 Å². The minimum atomic E-state index is -3.83. The SMILES string of the molecule is Cc1cc(NC(=O)CN(C)S(=O)(=O)c2ccc(C)c(C)c2)n(C2CCS(=O)(=O)C2)n1. The lowest BCUT2D eigenvalue weighted by Crippen LogP contribution is -2.35. The third kappa shape index (κ3) is 4.73. The van der Waals surface area contributed by atoms with Crippen LogP contribution in [0.25, 0.3) is 0 Å². The molecule has 30 heavy (non-hydrogen) atoms. The number of hydrogen-bond acceptors (Lipinski definition) is 6. The van der Waals surface area contributed by atoms with E-state index in [2.05, 4.69) is 10.4 Å². The number of carbonyl (C=O) groups is 1. The highest BCUT2D eigenvalue weighted by atomic mass is 32.2. The summed E-state index contributed by atoms with van der Waals surface area (Å²) < 4.78 is 51.7. The Morgan fingerprint density at radius 2 is 1.93 bits per heavy atom. The van der Waals surface area contributed by atoms with Crippen LogP contribution in [0.15, 0.2) is 29.2 Å². The molecule has 2 heterocycles. The van der Waals surface area contributed by atoms with Crippen LogP contribution >= 0.6 is 0 Å². The molecular formula is C19H26N4O5S2. The Morgan fingerprint density at radius 1 is 1.23 bits per heavy atom. The molecule has 1 aromatic carbocycles. The summed E-state index contributed by atoms with van der Waals surface area (Å²) >= 11 is 0. The predicted octanol–water partition coefficient (Wildman–Crippen LogP) is 1.43. The molecule has 1 aliphatic heterocycles. The molecule has 0 aliphatic carbocycles. The lowest BCUT2D eigenvalue weighted by atomic mass is 10.1. The summed E-state index contributed by atoms with van der Waals surface area (Å²) in [6, 6.07) is 6.12. The van der Waals surface area contributed by atoms with Gasteiger partial charge in [0.05, 0.1) is 34.7 Å². The first kappa shape index (κ1) is 22.4. The predicted molar refractivity (Wildman–Crippen MR) is 114 cm³/mol. The van der Waals surface area contributed by atoms with Crippen LogP contribution in [0, 0.1) is 20.8 Å². The summed E-state index contributed by atoms with van der Waals surface area (Å²) in [5.41, 5.74) is 2.46. The van der Waals surface area contributed by atoms with Crippen molar-refractivity contribution in [2.75, 3.05) is 30.4 Å². The normalized spacial score (nSPS) is 18.6. The molecule has 1 unspecified atom stereocenters. The molecule has 0 radical (unpaired) electrons. The Labute approximate surface area is 177 Å². The highest BCUT2D eigenvalue weighted by Gasteiger charge is 2.31. The van der Waals surface area contributed by atoms with E-state index in [-0.39, 0.29) is 29.0 Å². The maximum Gasteiger partial charge on any atom is 0.243 e. The van der Waals surface area contributed by atoms with Gasteiger partial charge < -0.3 is 5.32 Å². The fourth-order valence-electron chi connectivity index (χ4n) is 3.38. The smallest absolute Gasteiger partial charge is 0.243 e. The first-order valence-corrected chi connectivity index (χ1v) is 12.8. The second-order valence-electron chi connectivity index (χ2n) is 7.73. The van der Waals surface area contributed by atoms with Crippen LogP contribution in [0.2, 0.25) is 0 Å². The molecule has 9 nitrogen and oxygen atoms in total. The van der Waals surface area contributed by atoms with E-state index in [4.69, 9.17) is 0 Å². The minimum absolute atomic E-state index is 0.0297. The molecule has 0 bridgehead atoms. The lowest BCUT2D eigenvalue weighted by molar-refractivity contribution is -0.116. The van der Waals surface area contributed by atoms with E-state index in [1.807, 2.05) is 13.8 Å². The zero-order valence-corrected chi connectivity index (χ0v) is 19.0. The van der Waals surface area contributed by atoms with Gasteiger partial charge >= 0.3 is 0 Å². The molecule has 2 aromatic rings. The molecule has 3 rings (SSSR count). The van der Waals surface area contributed by atoms with Crippen LogP contribution < -0.4 is 5.32 Å². The van der Waals surface area contributed by atoms with Crippen molar-refractivity contribution in [3.63, 3.8) is 0 Å². The molecule has 1 aromatic heterocycles. The van der Waals surface area contributed by atoms with Gasteiger partial charge in [0.15, 0.2) is 9.84 Å². The Balaban J connectivity index is 1.73. The van der Waals surface area contributed by atoms with E-state index in [0.717, 1.165) is 15.4 Å². The molecule has 1 atom stereocenters. The average Bonchev–Trinajstić information content (AvgIpc) is 3.18. The molecule has 1 aliphatic rings. The topological polar surface area (TPSA) is 118 Å². The Morgan fingerprint density at radius 3 is 2.53 bits per heavy atom. The van der Waals surface area contributed by atoms with Gasteiger partial charge in [-0.3, -0.25) is 4.79 Å². The van der Waals surface area contributed by atoms with E-state index >= 15 is 0 Å². The summed E-state index contributed by atoms with van der Waals surface area (Å²) in [4.78, 5) is 12.7. The van der Waals surface area contributed by atoms with Gasteiger partial charge in [0, 0.05) is 13.1 Å². The number of hydrogen-bond donors (Lipinski definition) is 1. The van der Waals surface area contributed by atoms with Gasteiger partial charge in [-0.2, -0.15) is 9.40 Å². The van der Waals surface area contributed by atoms with E-state index in [9.17, 15) is 21.6 Å². The molecule has 1 fully saturated rings. The monoisotopic (exact) mass is 454 g/mol. The van der Waals surface area contributed by atoms with Gasteiger partial charge in [-0.1, -0.05) is 6.07 Å². The summed E-state index contributed by atoms with van der Waals surface area (Å²) in [6.45, 7) is 5.08. The van der Waals surface area contributed by atoms with Crippen molar-refractivity contribution in [1.29, 1.82) is 0 Å². The van der Waals surface area contributed by atoms with Crippen molar-refractivity contribution < 1.29 is 21.6 Å². The number of nitrogens with one attached hydrogen (secondary N) is 1. The van der Waals surface area contributed by atoms with Crippen LogP contribution in [0.1, 0.15) is 29.3 Å². The van der Waals surface area contributed by atoms with Gasteiger partial charge in [-0.05, 0) is 50.5 Å². The molecule has 164 valence electrons. The van der Waals surface area contributed by atoms with Crippen LogP contribution in [0.5, 0.6) is 0 Å². The van der Waals surface area contributed by atoms with Crippen LogP contribution in [0.4, 0.5) is 5.82 Å². The Bertz CT molecular complexity index is 1190. The van der Waals surface area contributed by atoms with Crippen LogP contribution in [-0.2, 0) is 24.7 Å². The first-order valence-electron chi connectivity index (χ1n) is 9.49. The number of carbonyl (C=O) groups excluding carboxylic acids is 1. The third-order valence-corrected chi connectivity index (χ3v) is 8.78. The molecular weight excluding hydrogens is 428 g/mol. The van der Waals surface area contributed by atoms with E-state index < -0.39 is 25.8 Å². The third-order valence-electron chi connectivity index (χ3n) is 5.23. The molecule has 11 heteroatoms. The maximum absolute atomic E-state index is 12.8. The summed E-state index contributed by atoms with van der Waals surface area (Å²) in [7, 11) is -5.60. The van der Waals surface area contributed by atoms with Crippen LogP contribution in [-0.4, -0.2) is 61.9 Å². The van der Waals surface area contributed by atoms with Gasteiger partial charge in [0.1, 0.15) is 5.82 Å². The number of benzene rings is 1. The molecule has 1 saturated heterocycles. The summed E-state index contributed by atoms with van der Waals surface area (Å²) in [5.74, 6) is -0.123. The lowest BCUT2D eigenvalue weighted by Gasteiger charge is -2.18. The zero-order chi connectivity index (χ0) is 22.3. The minimum Gasteiger partial charge on any atom is -0.310 e. The highest BCUT2D eigenvalue weighted by Crippen LogP contribution is 2.27. The van der Waals surface area contributed by atoms with Crippen LogP contribution in [0.3, 0.4) is 0 Å². The molecule has 0 spiro atoms. The Hall–Kier alpha value is -2.24. The van der Waals surface area contributed by atoms with Crippen molar-refractivity contribution in [3.8, 4) is 0 Å². The van der Waals surface area contributed by atoms with Gasteiger partial charge in [0.25, 0.3) is 0 Å². The largest absolute Gasteiger partial charge is 0.310 e. The second-order valence-corrected chi connectivity index (χ2v) is 12.0. The van der Waals surface area contributed by atoms with E-state index in [1.54, 1.807) is 25.1 Å². The number of amides is 1. The molecule has 0 saturated carbocycles. The fourth-order valence-corrected chi connectivity index (χ4v) is 6.29. The van der Waals surface area contributed by atoms with Gasteiger partial charge in [-0.25, -0.2) is 21.5 Å². The van der Waals surface area contributed by atoms with E-state index in [1.165, 1.54) is 17.8 Å². The number of nitrogens with zero attached hydrogens (tertiary/aromatic N) is 3. The number of likely N-dealkylation sites (N-methyl/N-ethyl adjacent to an activating group) is 1. The first-order chi connectivity index (χ1) is 13.9. The zero-order valence-electron chi connectivity index (χ0n) is 17.4. The number of sulfonamides is 1. The number of rotatable bonds is 6. The van der Waals surface area contributed by atoms with Gasteiger partial charge in [-0.15, -0.1) is 0 Å². The number of aryl methyl sites for hydroxylation is 3. The number of sulfone groups is 1. The van der Waals surface area contributed by atoms with Crippen molar-refractivity contribution in [1.82, 2.24) is 14.1 Å². The maximum atomic E-state index is 12.8. The van der Waals surface area contributed by atoms with Gasteiger partial charge in [0.2, 0.25) is 15.9 Å². The molecule has 1 N–H and O–H groups in total. The quantitative estimate of drug-likeness (QED) is 0.705. The molecule has 1 amide bonds. The van der Waals surface area contributed by atoms with Crippen molar-refractivity contribution >= 4 is 31.6 Å². The fraction of sp³-hybridized carbons (Fsp3) is 0.474. The highest BCUT2D eigenvalue weighted by molar-refractivity contribution is 7.91. The second kappa shape index (κ2) is 8.12. The number of aromatic nitrogens is 2. The average molecular weight is 455 g/mol. The van der Waals surface area contributed by atoms with Crippen molar-refractivity contribution in [2.24, 2.45) is 0 Å². The van der Waals surface area contributed by atoms with Crippen molar-refractivity contribution in [2.45, 2.75) is 38.1 Å². The Kier molecular flexibility index (Phi) is 6.08. The standard InChI is InChI=1S/C19H26N4O5S2/c1-13-5-6-17(9-14(13)2)30(27,28)22(4)11-19(24)20-18-10-15(3)21-23(18)16-7-8-29(25,26)12-16/h5-6,9-10,16H,7-8,11-12H2,1-4H3,(H,20,24). The summed E-state index contributed by atoms with van der Waals surface area (Å²) in [5, 5.41) is 6.98. The summed E-state index contributed by atoms with van der Waals surface area (Å²) in [6.07, 6.45) is 0.424. The van der Waals surface area contributed by atoms with Crippen molar-refractivity contribution in [3.05, 3.63) is 41.1 Å².